The van der Waals surface area contributed by atoms with Gasteiger partial charge in [-0.2, -0.15) is 0 Å². The largest absolute Gasteiger partial charge is 0.396 e. The van der Waals surface area contributed by atoms with Crippen LogP contribution in [-0.4, -0.2) is 97.7 Å². The molecule has 0 aromatic carbocycles. The lowest BCUT2D eigenvalue weighted by atomic mass is 10.1. The summed E-state index contributed by atoms with van der Waals surface area (Å²) in [7, 11) is 0. The molecule has 3 heterocycles. The molecule has 184 valence electrons. The van der Waals surface area contributed by atoms with Gasteiger partial charge in [0.25, 0.3) is 0 Å². The molecule has 4 unspecified atom stereocenters. The summed E-state index contributed by atoms with van der Waals surface area (Å²) in [6.45, 7) is 4.15. The van der Waals surface area contributed by atoms with Gasteiger partial charge < -0.3 is 39.4 Å². The van der Waals surface area contributed by atoms with Crippen molar-refractivity contribution in [2.24, 2.45) is 0 Å². The Kier molecular flexibility index (Phi) is 23.3. The van der Waals surface area contributed by atoms with Gasteiger partial charge >= 0.3 is 0 Å². The van der Waals surface area contributed by atoms with E-state index in [0.717, 1.165) is 39.1 Å². The molecule has 30 heavy (non-hydrogen) atoms. The van der Waals surface area contributed by atoms with E-state index in [9.17, 15) is 5.11 Å². The Bertz CT molecular complexity index is 319. The molecule has 3 aliphatic rings. The first-order chi connectivity index (χ1) is 13.7. The second-order valence-corrected chi connectivity index (χ2v) is 7.33. The van der Waals surface area contributed by atoms with Gasteiger partial charge in [-0.3, -0.25) is 0 Å². The van der Waals surface area contributed by atoms with Crippen molar-refractivity contribution in [1.82, 2.24) is 0 Å². The molecule has 0 aromatic rings. The van der Waals surface area contributed by atoms with E-state index in [1.54, 1.807) is 0 Å². The highest BCUT2D eigenvalue weighted by molar-refractivity contribution is 4.73. The fourth-order valence-corrected chi connectivity index (χ4v) is 2.40. The minimum atomic E-state index is -0.368. The molecule has 0 radical (unpaired) electrons. The second-order valence-electron chi connectivity index (χ2n) is 7.33. The first-order valence-corrected chi connectivity index (χ1v) is 10.6. The number of aliphatic hydroxyl groups excluding tert-OH is 4. The van der Waals surface area contributed by atoms with Crippen molar-refractivity contribution in [3.8, 4) is 0 Å². The molecule has 0 spiro atoms. The van der Waals surface area contributed by atoms with Crippen LogP contribution in [0.25, 0.3) is 0 Å². The normalized spacial score (nSPS) is 23.4. The summed E-state index contributed by atoms with van der Waals surface area (Å²) in [5, 5.41) is 33.8. The summed E-state index contributed by atoms with van der Waals surface area (Å²) >= 11 is 0. The van der Waals surface area contributed by atoms with Gasteiger partial charge in [0.2, 0.25) is 0 Å². The molecule has 4 atom stereocenters. The number of hydrogen-bond donors (Lipinski definition) is 4. The number of aliphatic hydroxyl groups is 4. The van der Waals surface area contributed by atoms with E-state index in [-0.39, 0.29) is 40.8 Å². The summed E-state index contributed by atoms with van der Waals surface area (Å²) in [5.41, 5.74) is 0. The monoisotopic (exact) mass is 440 g/mol. The van der Waals surface area contributed by atoms with Crippen LogP contribution in [-0.2, 0) is 18.9 Å². The number of hydrogen-bond acceptors (Lipinski definition) is 8. The minimum absolute atomic E-state index is 0. The maximum Gasteiger partial charge on any atom is 0.0810 e. The van der Waals surface area contributed by atoms with Crippen LogP contribution >= 0.6 is 0 Å². The topological polar surface area (TPSA) is 128 Å². The second kappa shape index (κ2) is 21.9. The molecular formula is C22H48O8. The van der Waals surface area contributed by atoms with Crippen molar-refractivity contribution < 1.29 is 39.4 Å². The molecular weight excluding hydrogens is 392 g/mol. The zero-order chi connectivity index (χ0) is 20.5. The summed E-state index contributed by atoms with van der Waals surface area (Å²) < 4.78 is 20.4. The van der Waals surface area contributed by atoms with E-state index in [4.69, 9.17) is 34.3 Å². The van der Waals surface area contributed by atoms with Crippen LogP contribution in [0.5, 0.6) is 0 Å². The van der Waals surface area contributed by atoms with Crippen LogP contribution in [0.4, 0.5) is 0 Å². The molecule has 4 N–H and O–H groups in total. The van der Waals surface area contributed by atoms with Crippen molar-refractivity contribution >= 4 is 0 Å². The molecule has 3 saturated heterocycles. The number of ether oxygens (including phenoxy) is 4. The number of rotatable bonds is 15. The van der Waals surface area contributed by atoms with Crippen molar-refractivity contribution in [3.05, 3.63) is 0 Å². The molecule has 0 bridgehead atoms. The molecule has 3 aliphatic heterocycles. The summed E-state index contributed by atoms with van der Waals surface area (Å²) in [6.07, 6.45) is 9.07. The average Bonchev–Trinajstić information content (AvgIpc) is 3.54. The first-order valence-electron chi connectivity index (χ1n) is 10.6. The molecule has 0 saturated carbocycles. The van der Waals surface area contributed by atoms with Crippen molar-refractivity contribution in [3.63, 3.8) is 0 Å². The van der Waals surface area contributed by atoms with Crippen LogP contribution in [0, 0.1) is 0 Å². The molecule has 3 fully saturated rings. The summed E-state index contributed by atoms with van der Waals surface area (Å²) in [5.74, 6) is 0. The zero-order valence-electron chi connectivity index (χ0n) is 17.0. The maximum atomic E-state index is 9.45. The summed E-state index contributed by atoms with van der Waals surface area (Å²) in [6, 6.07) is 0. The van der Waals surface area contributed by atoms with Gasteiger partial charge in [0, 0.05) is 26.4 Å². The fraction of sp³-hybridized carbons (Fsp3) is 1.00. The Hall–Kier alpha value is -0.320. The van der Waals surface area contributed by atoms with Crippen LogP contribution in [0.1, 0.15) is 66.2 Å². The smallest absolute Gasteiger partial charge is 0.0810 e. The highest BCUT2D eigenvalue weighted by Gasteiger charge is 2.25. The molecule has 8 nitrogen and oxygen atoms in total. The van der Waals surface area contributed by atoms with E-state index in [1.807, 2.05) is 0 Å². The minimum Gasteiger partial charge on any atom is -0.396 e. The van der Waals surface area contributed by atoms with E-state index < -0.39 is 0 Å². The van der Waals surface area contributed by atoms with Gasteiger partial charge in [-0.05, 0) is 51.4 Å². The fourth-order valence-electron chi connectivity index (χ4n) is 2.40. The number of epoxide rings is 3. The maximum absolute atomic E-state index is 9.45. The molecule has 8 heteroatoms. The Morgan fingerprint density at radius 1 is 0.700 bits per heavy atom. The SMILES string of the molecule is C.C.C(CC1CO1)CC1CO1.OCCCO.OCCCOCC(O)CCCC1CO1. The van der Waals surface area contributed by atoms with E-state index in [1.165, 1.54) is 19.3 Å². The zero-order valence-corrected chi connectivity index (χ0v) is 17.0. The molecule has 0 amide bonds. The van der Waals surface area contributed by atoms with Gasteiger partial charge in [0.1, 0.15) is 0 Å². The van der Waals surface area contributed by atoms with Crippen molar-refractivity contribution in [2.75, 3.05) is 52.9 Å². The van der Waals surface area contributed by atoms with Crippen LogP contribution in [0.15, 0.2) is 0 Å². The van der Waals surface area contributed by atoms with Gasteiger partial charge in [-0.25, -0.2) is 0 Å². The standard InChI is InChI=1S/C10H20O4.C7H12O2.C3H8O2.2CH4/c11-5-2-6-13-7-9(12)3-1-4-10-8-14-10;1(2-6-4-8-6)3-7-5-9-7;4-2-1-3-5;;/h9-12H,1-8H2;6-7H,1-5H2;4-5H,1-3H2;2*1H4. The molecule has 0 aliphatic carbocycles. The molecule has 3 rings (SSSR count). The average molecular weight is 441 g/mol. The van der Waals surface area contributed by atoms with Gasteiger partial charge in [-0.15, -0.1) is 0 Å². The van der Waals surface area contributed by atoms with Crippen LogP contribution < -0.4 is 0 Å². The quantitative estimate of drug-likeness (QED) is 0.225. The third kappa shape index (κ3) is 24.0. The van der Waals surface area contributed by atoms with Crippen molar-refractivity contribution in [1.29, 1.82) is 0 Å². The lowest BCUT2D eigenvalue weighted by Gasteiger charge is -2.10. The third-order valence-corrected chi connectivity index (χ3v) is 4.40. The third-order valence-electron chi connectivity index (χ3n) is 4.40. The lowest BCUT2D eigenvalue weighted by Crippen LogP contribution is -2.16. The highest BCUT2D eigenvalue weighted by atomic mass is 16.6. The van der Waals surface area contributed by atoms with Gasteiger partial charge in [-0.1, -0.05) is 14.9 Å². The lowest BCUT2D eigenvalue weighted by molar-refractivity contribution is 0.0261. The summed E-state index contributed by atoms with van der Waals surface area (Å²) in [4.78, 5) is 0. The predicted molar refractivity (Wildman–Crippen MR) is 118 cm³/mol. The first kappa shape index (κ1) is 31.9. The Labute approximate surface area is 183 Å². The van der Waals surface area contributed by atoms with Crippen LogP contribution in [0.3, 0.4) is 0 Å². The highest BCUT2D eigenvalue weighted by Crippen LogP contribution is 2.21. The van der Waals surface area contributed by atoms with Crippen LogP contribution in [0.2, 0.25) is 0 Å². The predicted octanol–water partition coefficient (Wildman–Crippen LogP) is 1.90. The van der Waals surface area contributed by atoms with Crippen molar-refractivity contribution in [2.45, 2.75) is 90.6 Å². The Morgan fingerprint density at radius 2 is 1.13 bits per heavy atom. The van der Waals surface area contributed by atoms with E-state index in [0.29, 0.717) is 44.4 Å². The Balaban J connectivity index is 0. The van der Waals surface area contributed by atoms with Gasteiger partial charge in [0.05, 0.1) is 50.8 Å². The molecule has 0 aromatic heterocycles. The van der Waals surface area contributed by atoms with Gasteiger partial charge in [0.15, 0.2) is 0 Å². The Morgan fingerprint density at radius 3 is 1.50 bits per heavy atom. The van der Waals surface area contributed by atoms with E-state index >= 15 is 0 Å². The van der Waals surface area contributed by atoms with E-state index in [2.05, 4.69) is 0 Å².